The van der Waals surface area contributed by atoms with Gasteiger partial charge in [-0.25, -0.2) is 0 Å². The molecule has 0 saturated carbocycles. The number of nitrogens with one attached hydrogen (secondary N) is 1. The molecule has 0 aliphatic rings. The van der Waals surface area contributed by atoms with Crippen molar-refractivity contribution in [1.29, 1.82) is 0 Å². The van der Waals surface area contributed by atoms with E-state index < -0.39 is 5.97 Å². The number of hydrogen-bond acceptors (Lipinski definition) is 5. The quantitative estimate of drug-likeness (QED) is 0.448. The molecule has 3 rings (SSSR count). The highest BCUT2D eigenvalue weighted by atomic mass is 16.5. The molecule has 0 unspecified atom stereocenters. The molecule has 0 aromatic heterocycles. The first-order valence-corrected chi connectivity index (χ1v) is 10.8. The van der Waals surface area contributed by atoms with Crippen LogP contribution in [0, 0.1) is 0 Å². The molecule has 3 aromatic rings. The van der Waals surface area contributed by atoms with Gasteiger partial charge in [0.05, 0.1) is 20.6 Å². The summed E-state index contributed by atoms with van der Waals surface area (Å²) in [6.45, 7) is 0.161. The van der Waals surface area contributed by atoms with Gasteiger partial charge in [-0.1, -0.05) is 66.7 Å². The van der Waals surface area contributed by atoms with Crippen LogP contribution in [-0.4, -0.2) is 39.2 Å². The zero-order valence-electron chi connectivity index (χ0n) is 19.0. The SMILES string of the molecule is COc1ccc(CC(=O)OCC(=O)NCCC(c2ccccc2)c2ccccc2)cc1OC. The molecule has 3 aromatic carbocycles. The minimum absolute atomic E-state index is 0.0394. The molecule has 0 atom stereocenters. The number of methoxy groups -OCH3 is 2. The minimum atomic E-state index is -0.483. The van der Waals surface area contributed by atoms with E-state index in [1.807, 2.05) is 36.4 Å². The van der Waals surface area contributed by atoms with Crippen LogP contribution in [0.25, 0.3) is 0 Å². The maximum absolute atomic E-state index is 12.2. The summed E-state index contributed by atoms with van der Waals surface area (Å²) in [5.74, 6) is 0.477. The summed E-state index contributed by atoms with van der Waals surface area (Å²) in [7, 11) is 3.08. The summed E-state index contributed by atoms with van der Waals surface area (Å²) in [4.78, 5) is 24.4. The number of ether oxygens (including phenoxy) is 3. The van der Waals surface area contributed by atoms with E-state index in [4.69, 9.17) is 14.2 Å². The summed E-state index contributed by atoms with van der Waals surface area (Å²) in [5.41, 5.74) is 3.10. The Balaban J connectivity index is 1.47. The maximum Gasteiger partial charge on any atom is 0.310 e. The van der Waals surface area contributed by atoms with Crippen LogP contribution in [0.3, 0.4) is 0 Å². The first-order chi connectivity index (χ1) is 16.1. The Bertz CT molecular complexity index is 997. The molecule has 172 valence electrons. The predicted molar refractivity (Wildman–Crippen MR) is 127 cm³/mol. The van der Waals surface area contributed by atoms with Gasteiger partial charge in [-0.05, 0) is 35.2 Å². The van der Waals surface area contributed by atoms with Crippen molar-refractivity contribution in [3.05, 3.63) is 95.6 Å². The molecule has 0 fully saturated rings. The standard InChI is InChI=1S/C27H29NO5/c1-31-24-14-13-20(17-25(24)32-2)18-27(30)33-19-26(29)28-16-15-23(21-9-5-3-6-10-21)22-11-7-4-8-12-22/h3-14,17,23H,15-16,18-19H2,1-2H3,(H,28,29). The lowest BCUT2D eigenvalue weighted by molar-refractivity contribution is -0.147. The van der Waals surface area contributed by atoms with Crippen molar-refractivity contribution in [1.82, 2.24) is 5.32 Å². The van der Waals surface area contributed by atoms with Gasteiger partial charge < -0.3 is 19.5 Å². The van der Waals surface area contributed by atoms with Crippen molar-refractivity contribution in [2.24, 2.45) is 0 Å². The van der Waals surface area contributed by atoms with Crippen LogP contribution in [0.5, 0.6) is 11.5 Å². The average Bonchev–Trinajstić information content (AvgIpc) is 2.86. The Kier molecular flexibility index (Phi) is 8.88. The second kappa shape index (κ2) is 12.3. The Morgan fingerprint density at radius 3 is 2.00 bits per heavy atom. The topological polar surface area (TPSA) is 73.9 Å². The van der Waals surface area contributed by atoms with E-state index in [9.17, 15) is 9.59 Å². The molecule has 0 heterocycles. The lowest BCUT2D eigenvalue weighted by Crippen LogP contribution is -2.30. The monoisotopic (exact) mass is 447 g/mol. The molecule has 6 heteroatoms. The van der Waals surface area contributed by atoms with Crippen molar-refractivity contribution in [3.63, 3.8) is 0 Å². The molecular formula is C27H29NO5. The number of benzene rings is 3. The largest absolute Gasteiger partial charge is 0.493 e. The molecule has 0 radical (unpaired) electrons. The highest BCUT2D eigenvalue weighted by Gasteiger charge is 2.15. The highest BCUT2D eigenvalue weighted by Crippen LogP contribution is 2.28. The number of amides is 1. The predicted octanol–water partition coefficient (Wildman–Crippen LogP) is 4.13. The van der Waals surface area contributed by atoms with Crippen LogP contribution < -0.4 is 14.8 Å². The van der Waals surface area contributed by atoms with Crippen LogP contribution >= 0.6 is 0 Å². The van der Waals surface area contributed by atoms with Gasteiger partial charge >= 0.3 is 5.97 Å². The maximum atomic E-state index is 12.2. The van der Waals surface area contributed by atoms with Crippen LogP contribution in [0.15, 0.2) is 78.9 Å². The van der Waals surface area contributed by atoms with Gasteiger partial charge in [-0.15, -0.1) is 0 Å². The van der Waals surface area contributed by atoms with Crippen LogP contribution in [-0.2, 0) is 20.7 Å². The van der Waals surface area contributed by atoms with E-state index in [-0.39, 0.29) is 24.9 Å². The van der Waals surface area contributed by atoms with E-state index >= 15 is 0 Å². The molecule has 33 heavy (non-hydrogen) atoms. The summed E-state index contributed by atoms with van der Waals surface area (Å²) >= 11 is 0. The third kappa shape index (κ3) is 7.10. The number of esters is 1. The van der Waals surface area contributed by atoms with E-state index in [1.165, 1.54) is 18.2 Å². The third-order valence-electron chi connectivity index (χ3n) is 5.32. The first-order valence-electron chi connectivity index (χ1n) is 10.8. The molecule has 0 aliphatic heterocycles. The number of carbonyl (C=O) groups excluding carboxylic acids is 2. The van der Waals surface area contributed by atoms with Gasteiger partial charge in [0.2, 0.25) is 0 Å². The second-order valence-electron chi connectivity index (χ2n) is 7.54. The van der Waals surface area contributed by atoms with Gasteiger partial charge in [0.1, 0.15) is 0 Å². The van der Waals surface area contributed by atoms with Crippen molar-refractivity contribution in [2.75, 3.05) is 27.4 Å². The van der Waals surface area contributed by atoms with E-state index in [1.54, 1.807) is 25.3 Å². The van der Waals surface area contributed by atoms with Crippen LogP contribution in [0.1, 0.15) is 29.0 Å². The Morgan fingerprint density at radius 1 is 0.818 bits per heavy atom. The van der Waals surface area contributed by atoms with Crippen molar-refractivity contribution in [3.8, 4) is 11.5 Å². The zero-order chi connectivity index (χ0) is 23.5. The Morgan fingerprint density at radius 2 is 1.42 bits per heavy atom. The molecule has 0 spiro atoms. The smallest absolute Gasteiger partial charge is 0.310 e. The summed E-state index contributed by atoms with van der Waals surface area (Å²) in [6.07, 6.45) is 0.775. The molecule has 6 nitrogen and oxygen atoms in total. The normalized spacial score (nSPS) is 10.5. The van der Waals surface area contributed by atoms with E-state index in [0.717, 1.165) is 6.42 Å². The second-order valence-corrected chi connectivity index (χ2v) is 7.54. The average molecular weight is 448 g/mol. The van der Waals surface area contributed by atoms with Gasteiger partial charge in [-0.3, -0.25) is 9.59 Å². The fraction of sp³-hybridized carbons (Fsp3) is 0.259. The van der Waals surface area contributed by atoms with Gasteiger partial charge in [0.25, 0.3) is 5.91 Å². The summed E-state index contributed by atoms with van der Waals surface area (Å²) in [5, 5.41) is 2.85. The lowest BCUT2D eigenvalue weighted by Gasteiger charge is -2.18. The van der Waals surface area contributed by atoms with Gasteiger partial charge in [0.15, 0.2) is 18.1 Å². The Labute approximate surface area is 194 Å². The molecule has 0 saturated heterocycles. The highest BCUT2D eigenvalue weighted by molar-refractivity contribution is 5.81. The number of rotatable bonds is 11. The fourth-order valence-electron chi connectivity index (χ4n) is 3.66. The van der Waals surface area contributed by atoms with E-state index in [0.29, 0.717) is 23.6 Å². The summed E-state index contributed by atoms with van der Waals surface area (Å²) < 4.78 is 15.6. The molecule has 0 bridgehead atoms. The number of carbonyl (C=O) groups is 2. The molecule has 1 amide bonds. The van der Waals surface area contributed by atoms with E-state index in [2.05, 4.69) is 29.6 Å². The molecule has 0 aliphatic carbocycles. The van der Waals surface area contributed by atoms with Gasteiger partial charge in [0, 0.05) is 12.5 Å². The van der Waals surface area contributed by atoms with Crippen molar-refractivity contribution in [2.45, 2.75) is 18.8 Å². The first kappa shape index (κ1) is 23.9. The molecule has 1 N–H and O–H groups in total. The lowest BCUT2D eigenvalue weighted by atomic mass is 9.88. The van der Waals surface area contributed by atoms with Gasteiger partial charge in [-0.2, -0.15) is 0 Å². The summed E-state index contributed by atoms with van der Waals surface area (Å²) in [6, 6.07) is 25.6. The van der Waals surface area contributed by atoms with Crippen molar-refractivity contribution < 1.29 is 23.8 Å². The van der Waals surface area contributed by atoms with Crippen molar-refractivity contribution >= 4 is 11.9 Å². The molecular weight excluding hydrogens is 418 g/mol. The fourth-order valence-corrected chi connectivity index (χ4v) is 3.66. The van der Waals surface area contributed by atoms with Crippen LogP contribution in [0.2, 0.25) is 0 Å². The third-order valence-corrected chi connectivity index (χ3v) is 5.32. The zero-order valence-corrected chi connectivity index (χ0v) is 19.0. The van der Waals surface area contributed by atoms with Crippen LogP contribution in [0.4, 0.5) is 0 Å². The number of hydrogen-bond donors (Lipinski definition) is 1. The Hall–Kier alpha value is -3.80. The minimum Gasteiger partial charge on any atom is -0.493 e.